The van der Waals surface area contributed by atoms with Crippen molar-refractivity contribution in [3.63, 3.8) is 0 Å². The molecule has 1 aliphatic rings. The van der Waals surface area contributed by atoms with Crippen LogP contribution in [0.5, 0.6) is 0 Å². The minimum atomic E-state index is -0.676. The van der Waals surface area contributed by atoms with Crippen LogP contribution in [-0.4, -0.2) is 36.1 Å². The Morgan fingerprint density at radius 2 is 1.55 bits per heavy atom. The van der Waals surface area contributed by atoms with Crippen LogP contribution in [-0.2, 0) is 19.1 Å². The number of pyridine rings is 1. The van der Waals surface area contributed by atoms with E-state index in [2.05, 4.69) is 10.3 Å². The van der Waals surface area contributed by atoms with Crippen LogP contribution in [0.3, 0.4) is 0 Å². The summed E-state index contributed by atoms with van der Waals surface area (Å²) in [7, 11) is 2.66. The van der Waals surface area contributed by atoms with Gasteiger partial charge < -0.3 is 14.8 Å². The van der Waals surface area contributed by atoms with Crippen molar-refractivity contribution >= 4 is 23.3 Å². The van der Waals surface area contributed by atoms with Crippen LogP contribution in [0.15, 0.2) is 76.6 Å². The lowest BCUT2D eigenvalue weighted by atomic mass is 9.78. The topological polar surface area (TPSA) is 90.4 Å². The van der Waals surface area contributed by atoms with Gasteiger partial charge in [-0.1, -0.05) is 30.3 Å². The Labute approximate surface area is 195 Å². The van der Waals surface area contributed by atoms with E-state index in [1.807, 2.05) is 47.8 Å². The minimum absolute atomic E-state index is 0.359. The summed E-state index contributed by atoms with van der Waals surface area (Å²) >= 11 is 1.48. The lowest BCUT2D eigenvalue weighted by Gasteiger charge is -2.31. The molecule has 1 aromatic carbocycles. The first-order valence-corrected chi connectivity index (χ1v) is 11.2. The molecule has 7 nitrogen and oxygen atoms in total. The SMILES string of the molecule is COC(=O)C1=C(C)NC(C)=C(C(=O)OC)C1c1ccccc1-c1nc(-c2ccccn2)cs1. The van der Waals surface area contributed by atoms with E-state index < -0.39 is 17.9 Å². The monoisotopic (exact) mass is 461 g/mol. The summed E-state index contributed by atoms with van der Waals surface area (Å²) in [6.45, 7) is 3.59. The summed E-state index contributed by atoms with van der Waals surface area (Å²) in [5.74, 6) is -1.70. The number of carbonyl (C=O) groups is 2. The molecule has 0 unspecified atom stereocenters. The highest BCUT2D eigenvalue weighted by molar-refractivity contribution is 7.13. The molecule has 2 aromatic heterocycles. The molecule has 8 heteroatoms. The fraction of sp³-hybridized carbons (Fsp3) is 0.200. The molecular formula is C25H23N3O4S. The number of aromatic nitrogens is 2. The predicted molar refractivity (Wildman–Crippen MR) is 126 cm³/mol. The zero-order valence-electron chi connectivity index (χ0n) is 18.7. The first kappa shape index (κ1) is 22.4. The third kappa shape index (κ3) is 4.17. The molecule has 0 aliphatic carbocycles. The number of esters is 2. The van der Waals surface area contributed by atoms with Crippen molar-refractivity contribution in [3.05, 3.63) is 82.1 Å². The van der Waals surface area contributed by atoms with Crippen molar-refractivity contribution in [2.24, 2.45) is 0 Å². The fourth-order valence-electron chi connectivity index (χ4n) is 4.04. The molecule has 0 amide bonds. The van der Waals surface area contributed by atoms with Gasteiger partial charge in [-0.05, 0) is 31.5 Å². The van der Waals surface area contributed by atoms with Crippen molar-refractivity contribution in [2.45, 2.75) is 19.8 Å². The molecule has 1 aliphatic heterocycles. The molecule has 0 saturated carbocycles. The highest BCUT2D eigenvalue weighted by Gasteiger charge is 2.38. The number of nitrogens with zero attached hydrogens (tertiary/aromatic N) is 2. The zero-order chi connectivity index (χ0) is 23.5. The fourth-order valence-corrected chi connectivity index (χ4v) is 4.90. The maximum absolute atomic E-state index is 12.8. The van der Waals surface area contributed by atoms with Gasteiger partial charge in [0, 0.05) is 28.5 Å². The molecule has 0 spiro atoms. The highest BCUT2D eigenvalue weighted by Crippen LogP contribution is 2.43. The van der Waals surface area contributed by atoms with Crippen LogP contribution < -0.4 is 5.32 Å². The van der Waals surface area contributed by atoms with Gasteiger partial charge in [-0.3, -0.25) is 4.98 Å². The van der Waals surface area contributed by atoms with Crippen LogP contribution in [0.2, 0.25) is 0 Å². The quantitative estimate of drug-likeness (QED) is 0.561. The number of thiazole rings is 1. The molecule has 0 atom stereocenters. The van der Waals surface area contributed by atoms with Crippen LogP contribution in [0, 0.1) is 0 Å². The molecule has 3 heterocycles. The van der Waals surface area contributed by atoms with Crippen molar-refractivity contribution < 1.29 is 19.1 Å². The summed E-state index contributed by atoms with van der Waals surface area (Å²) < 4.78 is 10.2. The number of hydrogen-bond donors (Lipinski definition) is 1. The van der Waals surface area contributed by atoms with Gasteiger partial charge in [0.15, 0.2) is 0 Å². The molecule has 3 aromatic rings. The van der Waals surface area contributed by atoms with Crippen molar-refractivity contribution in [1.29, 1.82) is 0 Å². The highest BCUT2D eigenvalue weighted by atomic mass is 32.1. The second kappa shape index (κ2) is 9.38. The Bertz CT molecular complexity index is 1240. The van der Waals surface area contributed by atoms with Gasteiger partial charge in [0.25, 0.3) is 0 Å². The van der Waals surface area contributed by atoms with Gasteiger partial charge in [0.05, 0.1) is 37.0 Å². The predicted octanol–water partition coefficient (Wildman–Crippen LogP) is 4.45. The number of rotatable bonds is 5. The molecule has 0 fully saturated rings. The Morgan fingerprint density at radius 3 is 2.15 bits per heavy atom. The summed E-state index contributed by atoms with van der Waals surface area (Å²) in [5.41, 5.74) is 5.09. The second-order valence-electron chi connectivity index (χ2n) is 7.46. The van der Waals surface area contributed by atoms with Crippen molar-refractivity contribution in [2.75, 3.05) is 14.2 Å². The van der Waals surface area contributed by atoms with E-state index in [0.717, 1.165) is 27.5 Å². The van der Waals surface area contributed by atoms with E-state index in [0.29, 0.717) is 22.5 Å². The molecule has 0 radical (unpaired) electrons. The smallest absolute Gasteiger partial charge is 0.336 e. The van der Waals surface area contributed by atoms with Crippen LogP contribution >= 0.6 is 11.3 Å². The van der Waals surface area contributed by atoms with E-state index in [9.17, 15) is 9.59 Å². The number of allylic oxidation sites excluding steroid dienone is 2. The molecule has 33 heavy (non-hydrogen) atoms. The normalized spacial score (nSPS) is 14.2. The van der Waals surface area contributed by atoms with E-state index >= 15 is 0 Å². The van der Waals surface area contributed by atoms with Crippen LogP contribution in [0.25, 0.3) is 22.0 Å². The summed E-state index contributed by atoms with van der Waals surface area (Å²) in [4.78, 5) is 34.9. The first-order valence-electron chi connectivity index (χ1n) is 10.3. The van der Waals surface area contributed by atoms with Gasteiger partial charge in [-0.2, -0.15) is 0 Å². The Morgan fingerprint density at radius 1 is 0.909 bits per heavy atom. The number of dihydropyridines is 1. The molecule has 4 rings (SSSR count). The average molecular weight is 462 g/mol. The number of methoxy groups -OCH3 is 2. The van der Waals surface area contributed by atoms with Gasteiger partial charge in [-0.25, -0.2) is 14.6 Å². The summed E-state index contributed by atoms with van der Waals surface area (Å²) in [6.07, 6.45) is 1.73. The van der Waals surface area contributed by atoms with Crippen molar-refractivity contribution in [3.8, 4) is 22.0 Å². The number of carbonyl (C=O) groups excluding carboxylic acids is 2. The summed E-state index contributed by atoms with van der Waals surface area (Å²) in [5, 5.41) is 5.83. The molecule has 0 bridgehead atoms. The average Bonchev–Trinajstić information content (AvgIpc) is 3.33. The first-order chi connectivity index (χ1) is 16.0. The maximum atomic E-state index is 12.8. The van der Waals surface area contributed by atoms with Gasteiger partial charge in [0.2, 0.25) is 0 Å². The maximum Gasteiger partial charge on any atom is 0.336 e. The zero-order valence-corrected chi connectivity index (χ0v) is 19.5. The van der Waals surface area contributed by atoms with Gasteiger partial charge in [-0.15, -0.1) is 11.3 Å². The lowest BCUT2D eigenvalue weighted by Crippen LogP contribution is -2.32. The number of nitrogens with one attached hydrogen (secondary N) is 1. The Balaban J connectivity index is 1.90. The van der Waals surface area contributed by atoms with Crippen molar-refractivity contribution in [1.82, 2.24) is 15.3 Å². The second-order valence-corrected chi connectivity index (χ2v) is 8.32. The molecular weight excluding hydrogens is 438 g/mol. The van der Waals surface area contributed by atoms with E-state index in [-0.39, 0.29) is 0 Å². The minimum Gasteiger partial charge on any atom is -0.466 e. The Hall–Kier alpha value is -3.78. The van der Waals surface area contributed by atoms with Crippen LogP contribution in [0.4, 0.5) is 0 Å². The van der Waals surface area contributed by atoms with Crippen LogP contribution in [0.1, 0.15) is 25.3 Å². The Kier molecular flexibility index (Phi) is 6.37. The standard InChI is InChI=1S/C25H23N3O4S/c1-14-20(24(29)31-3)22(21(15(2)27-14)25(30)32-4)16-9-5-6-10-17(16)23-28-19(13-33-23)18-11-7-8-12-26-18/h5-13,22,27H,1-4H3. The van der Waals surface area contributed by atoms with Gasteiger partial charge in [0.1, 0.15) is 10.7 Å². The number of ether oxygens (including phenoxy) is 2. The summed E-state index contributed by atoms with van der Waals surface area (Å²) in [6, 6.07) is 13.3. The third-order valence-electron chi connectivity index (χ3n) is 5.50. The van der Waals surface area contributed by atoms with Gasteiger partial charge >= 0.3 is 11.9 Å². The number of hydrogen-bond acceptors (Lipinski definition) is 8. The molecule has 0 saturated heterocycles. The van der Waals surface area contributed by atoms with E-state index in [1.54, 1.807) is 20.0 Å². The largest absolute Gasteiger partial charge is 0.466 e. The van der Waals surface area contributed by atoms with E-state index in [1.165, 1.54) is 25.6 Å². The lowest BCUT2D eigenvalue weighted by molar-refractivity contribution is -0.137. The number of benzene rings is 1. The third-order valence-corrected chi connectivity index (χ3v) is 6.38. The molecule has 1 N–H and O–H groups in total. The molecule has 168 valence electrons. The van der Waals surface area contributed by atoms with E-state index in [4.69, 9.17) is 14.5 Å².